The predicted octanol–water partition coefficient (Wildman–Crippen LogP) is 1.88. The van der Waals surface area contributed by atoms with Gasteiger partial charge in [0.1, 0.15) is 12.4 Å². The van der Waals surface area contributed by atoms with Gasteiger partial charge in [-0.1, -0.05) is 0 Å². The van der Waals surface area contributed by atoms with Gasteiger partial charge < -0.3 is 0 Å². The molecule has 1 unspecified atom stereocenters. The average Bonchev–Trinajstić information content (AvgIpc) is 2.13. The van der Waals surface area contributed by atoms with Gasteiger partial charge in [-0.3, -0.25) is 4.48 Å². The van der Waals surface area contributed by atoms with Crippen LogP contribution in [0, 0.1) is 0 Å². The molecule has 1 nitrogen and oxygen atoms in total. The Balaban J connectivity index is 2.78. The van der Waals surface area contributed by atoms with Crippen LogP contribution in [0.25, 0.3) is 0 Å². The lowest BCUT2D eigenvalue weighted by atomic mass is 10.4. The van der Waals surface area contributed by atoms with Gasteiger partial charge >= 0.3 is 0 Å². The van der Waals surface area contributed by atoms with Crippen molar-refractivity contribution in [2.75, 3.05) is 13.6 Å². The summed E-state index contributed by atoms with van der Waals surface area (Å²) >= 11 is 0. The van der Waals surface area contributed by atoms with E-state index < -0.39 is 0 Å². The first-order chi connectivity index (χ1) is 4.16. The topological polar surface area (TPSA) is 0 Å². The molecular formula is C8H14N+. The number of nitrogens with zero attached hydrogens (tertiary/aromatic N) is 1. The first kappa shape index (κ1) is 6.56. The molecule has 50 valence electrons. The SMILES string of the molecule is CC[N+]1(C)C=CC(C)=C1. The summed E-state index contributed by atoms with van der Waals surface area (Å²) in [5, 5.41) is 0. The van der Waals surface area contributed by atoms with E-state index in [9.17, 15) is 0 Å². The molecule has 0 spiro atoms. The maximum Gasteiger partial charge on any atom is 0.103 e. The Morgan fingerprint density at radius 1 is 1.56 bits per heavy atom. The van der Waals surface area contributed by atoms with Crippen LogP contribution in [0.15, 0.2) is 24.0 Å². The zero-order valence-corrected chi connectivity index (χ0v) is 6.39. The molecule has 0 aromatic heterocycles. The highest BCUT2D eigenvalue weighted by Crippen LogP contribution is 2.16. The molecule has 0 aromatic rings. The van der Waals surface area contributed by atoms with Crippen molar-refractivity contribution >= 4 is 0 Å². The van der Waals surface area contributed by atoms with Gasteiger partial charge in [-0.2, -0.15) is 0 Å². The van der Waals surface area contributed by atoms with Crippen LogP contribution < -0.4 is 0 Å². The highest BCUT2D eigenvalue weighted by atomic mass is 15.3. The smallest absolute Gasteiger partial charge is 0.103 e. The van der Waals surface area contributed by atoms with Crippen LogP contribution in [0.5, 0.6) is 0 Å². The third kappa shape index (κ3) is 1.22. The maximum absolute atomic E-state index is 2.26. The molecule has 0 bridgehead atoms. The molecule has 0 radical (unpaired) electrons. The molecule has 9 heavy (non-hydrogen) atoms. The standard InChI is InChI=1S/C8H14N/c1-4-9(3)6-5-8(2)7-9/h5-7H,4H2,1-3H3/q+1. The summed E-state index contributed by atoms with van der Waals surface area (Å²) in [6.07, 6.45) is 6.65. The third-order valence-corrected chi connectivity index (χ3v) is 1.86. The van der Waals surface area contributed by atoms with Gasteiger partial charge in [-0.05, 0) is 19.9 Å². The first-order valence-electron chi connectivity index (χ1n) is 3.40. The van der Waals surface area contributed by atoms with Crippen LogP contribution in [0.1, 0.15) is 13.8 Å². The summed E-state index contributed by atoms with van der Waals surface area (Å²) < 4.78 is 0.964. The lowest BCUT2D eigenvalue weighted by Gasteiger charge is -2.20. The van der Waals surface area contributed by atoms with E-state index in [1.165, 1.54) is 5.57 Å². The third-order valence-electron chi connectivity index (χ3n) is 1.86. The van der Waals surface area contributed by atoms with E-state index in [4.69, 9.17) is 0 Å². The van der Waals surface area contributed by atoms with Gasteiger partial charge in [-0.25, -0.2) is 0 Å². The van der Waals surface area contributed by atoms with E-state index in [0.717, 1.165) is 11.0 Å². The van der Waals surface area contributed by atoms with Gasteiger partial charge in [0.2, 0.25) is 0 Å². The molecule has 1 heterocycles. The zero-order chi connectivity index (χ0) is 6.91. The average molecular weight is 124 g/mol. The number of hydrogen-bond donors (Lipinski definition) is 0. The van der Waals surface area contributed by atoms with Gasteiger partial charge in [0, 0.05) is 5.57 Å². The van der Waals surface area contributed by atoms with Crippen molar-refractivity contribution in [3.8, 4) is 0 Å². The molecule has 0 amide bonds. The largest absolute Gasteiger partial charge is 0.273 e. The Labute approximate surface area is 56.9 Å². The van der Waals surface area contributed by atoms with Gasteiger partial charge in [0.15, 0.2) is 0 Å². The van der Waals surface area contributed by atoms with Crippen molar-refractivity contribution in [3.63, 3.8) is 0 Å². The fourth-order valence-corrected chi connectivity index (χ4v) is 1.04. The molecule has 1 rings (SSSR count). The fourth-order valence-electron chi connectivity index (χ4n) is 1.04. The van der Waals surface area contributed by atoms with Crippen molar-refractivity contribution in [2.45, 2.75) is 13.8 Å². The minimum Gasteiger partial charge on any atom is -0.273 e. The quantitative estimate of drug-likeness (QED) is 0.468. The van der Waals surface area contributed by atoms with Crippen molar-refractivity contribution < 1.29 is 4.48 Å². The molecule has 1 heteroatoms. The van der Waals surface area contributed by atoms with Crippen LogP contribution in [0.3, 0.4) is 0 Å². The maximum atomic E-state index is 2.26. The van der Waals surface area contributed by atoms with E-state index in [1.807, 2.05) is 0 Å². The van der Waals surface area contributed by atoms with Crippen molar-refractivity contribution in [3.05, 3.63) is 24.0 Å². The lowest BCUT2D eigenvalue weighted by Crippen LogP contribution is -2.29. The van der Waals surface area contributed by atoms with E-state index >= 15 is 0 Å². The number of allylic oxidation sites excluding steroid dienone is 2. The van der Waals surface area contributed by atoms with Crippen LogP contribution >= 0.6 is 0 Å². The molecule has 0 aromatic carbocycles. The summed E-state index contributed by atoms with van der Waals surface area (Å²) in [7, 11) is 2.20. The first-order valence-corrected chi connectivity index (χ1v) is 3.40. The zero-order valence-electron chi connectivity index (χ0n) is 6.39. The highest BCUT2D eigenvalue weighted by Gasteiger charge is 2.16. The van der Waals surface area contributed by atoms with Crippen LogP contribution in [0.2, 0.25) is 0 Å². The Morgan fingerprint density at radius 2 is 2.22 bits per heavy atom. The summed E-state index contributed by atoms with van der Waals surface area (Å²) in [5.74, 6) is 0. The minimum atomic E-state index is 0.964. The van der Waals surface area contributed by atoms with Crippen LogP contribution in [-0.2, 0) is 0 Å². The van der Waals surface area contributed by atoms with Gasteiger partial charge in [-0.15, -0.1) is 0 Å². The van der Waals surface area contributed by atoms with Crippen LogP contribution in [-0.4, -0.2) is 18.1 Å². The summed E-state index contributed by atoms with van der Waals surface area (Å²) in [4.78, 5) is 0. The predicted molar refractivity (Wildman–Crippen MR) is 39.6 cm³/mol. The summed E-state index contributed by atoms with van der Waals surface area (Å²) in [6.45, 7) is 5.48. The Morgan fingerprint density at radius 3 is 2.44 bits per heavy atom. The molecule has 1 aliphatic rings. The Hall–Kier alpha value is -0.560. The second-order valence-corrected chi connectivity index (χ2v) is 2.85. The van der Waals surface area contributed by atoms with E-state index in [1.54, 1.807) is 0 Å². The molecular weight excluding hydrogens is 110 g/mol. The molecule has 0 saturated heterocycles. The van der Waals surface area contributed by atoms with Gasteiger partial charge in [0.25, 0.3) is 0 Å². The molecule has 0 N–H and O–H groups in total. The molecule has 0 fully saturated rings. The fraction of sp³-hybridized carbons (Fsp3) is 0.500. The second-order valence-electron chi connectivity index (χ2n) is 2.85. The Kier molecular flexibility index (Phi) is 1.45. The van der Waals surface area contributed by atoms with E-state index in [-0.39, 0.29) is 0 Å². The van der Waals surface area contributed by atoms with Gasteiger partial charge in [0.05, 0.1) is 13.6 Å². The molecule has 1 aliphatic heterocycles. The Bertz CT molecular complexity index is 167. The monoisotopic (exact) mass is 124 g/mol. The number of rotatable bonds is 1. The van der Waals surface area contributed by atoms with Crippen molar-refractivity contribution in [1.29, 1.82) is 0 Å². The molecule has 0 aliphatic carbocycles. The summed E-state index contributed by atoms with van der Waals surface area (Å²) in [5.41, 5.74) is 1.37. The number of hydrogen-bond acceptors (Lipinski definition) is 0. The normalized spacial score (nSPS) is 33.0. The molecule has 1 atom stereocenters. The van der Waals surface area contributed by atoms with Crippen LogP contribution in [0.4, 0.5) is 0 Å². The van der Waals surface area contributed by atoms with Crippen molar-refractivity contribution in [1.82, 2.24) is 0 Å². The second kappa shape index (κ2) is 1.99. The minimum absolute atomic E-state index is 0.964. The molecule has 0 saturated carbocycles. The number of quaternary nitrogens is 1. The van der Waals surface area contributed by atoms with E-state index in [0.29, 0.717) is 0 Å². The highest BCUT2D eigenvalue weighted by molar-refractivity contribution is 5.16. The summed E-state index contributed by atoms with van der Waals surface area (Å²) in [6, 6.07) is 0. The van der Waals surface area contributed by atoms with E-state index in [2.05, 4.69) is 39.4 Å². The van der Waals surface area contributed by atoms with Crippen molar-refractivity contribution in [2.24, 2.45) is 0 Å². The lowest BCUT2D eigenvalue weighted by molar-refractivity contribution is -0.802.